The zero-order valence-corrected chi connectivity index (χ0v) is 22.0. The van der Waals surface area contributed by atoms with Crippen molar-refractivity contribution in [1.29, 1.82) is 0 Å². The number of anilines is 1. The second-order valence-electron chi connectivity index (χ2n) is 9.78. The number of thiophene rings is 1. The molecule has 0 atom stereocenters. The molecular formula is C25H23ClN4O3S2. The van der Waals surface area contributed by atoms with Crippen molar-refractivity contribution < 1.29 is 9.72 Å². The third kappa shape index (κ3) is 4.33. The van der Waals surface area contributed by atoms with Gasteiger partial charge in [-0.1, -0.05) is 23.7 Å². The molecule has 2 aromatic carbocycles. The van der Waals surface area contributed by atoms with E-state index in [2.05, 4.69) is 38.3 Å². The number of thiazole rings is 1. The van der Waals surface area contributed by atoms with Crippen molar-refractivity contribution >= 4 is 61.1 Å². The van der Waals surface area contributed by atoms with E-state index in [1.807, 2.05) is 24.3 Å². The van der Waals surface area contributed by atoms with Crippen LogP contribution in [0.15, 0.2) is 42.5 Å². The Balaban J connectivity index is 1.68. The molecule has 3 heterocycles. The number of amides is 1. The van der Waals surface area contributed by atoms with Gasteiger partial charge in [-0.3, -0.25) is 14.9 Å². The lowest BCUT2D eigenvalue weighted by molar-refractivity contribution is -0.385. The monoisotopic (exact) mass is 526 g/mol. The number of fused-ring (bicyclic) bond motifs is 2. The maximum absolute atomic E-state index is 13.3. The van der Waals surface area contributed by atoms with Crippen LogP contribution in [-0.4, -0.2) is 21.4 Å². The van der Waals surface area contributed by atoms with Crippen molar-refractivity contribution in [3.63, 3.8) is 0 Å². The molecule has 1 aliphatic rings. The first-order valence-electron chi connectivity index (χ1n) is 11.0. The summed E-state index contributed by atoms with van der Waals surface area (Å²) in [5.41, 5.74) is 2.03. The number of nitrogens with one attached hydrogen (secondary N) is 2. The molecule has 0 unspecified atom stereocenters. The predicted molar refractivity (Wildman–Crippen MR) is 143 cm³/mol. The summed E-state index contributed by atoms with van der Waals surface area (Å²) >= 11 is 9.13. The topological polar surface area (TPSA) is 97.2 Å². The molecule has 2 aromatic heterocycles. The largest absolute Gasteiger partial charge is 0.313 e. The molecule has 0 fully saturated rings. The van der Waals surface area contributed by atoms with Crippen LogP contribution in [0.4, 0.5) is 10.7 Å². The minimum absolute atomic E-state index is 0.0816. The summed E-state index contributed by atoms with van der Waals surface area (Å²) < 4.78 is 1.05. The number of hydrogen-bond acceptors (Lipinski definition) is 7. The highest BCUT2D eigenvalue weighted by atomic mass is 35.5. The van der Waals surface area contributed by atoms with Crippen molar-refractivity contribution in [3.05, 3.63) is 73.6 Å². The Morgan fingerprint density at radius 1 is 1.17 bits per heavy atom. The van der Waals surface area contributed by atoms with Crippen LogP contribution >= 0.6 is 34.3 Å². The molecule has 35 heavy (non-hydrogen) atoms. The van der Waals surface area contributed by atoms with Crippen LogP contribution in [0.3, 0.4) is 0 Å². The number of benzene rings is 2. The van der Waals surface area contributed by atoms with E-state index in [-0.39, 0.29) is 27.4 Å². The average molecular weight is 527 g/mol. The Labute approximate surface area is 215 Å². The summed E-state index contributed by atoms with van der Waals surface area (Å²) in [6.07, 6.45) is 0.751. The van der Waals surface area contributed by atoms with Crippen LogP contribution in [0.1, 0.15) is 48.5 Å². The number of nitro benzene ring substituents is 1. The van der Waals surface area contributed by atoms with Crippen LogP contribution in [-0.2, 0) is 12.0 Å². The van der Waals surface area contributed by atoms with Crippen LogP contribution in [0.5, 0.6) is 0 Å². The summed E-state index contributed by atoms with van der Waals surface area (Å²) in [4.78, 5) is 30.3. The van der Waals surface area contributed by atoms with Gasteiger partial charge in [-0.2, -0.15) is 0 Å². The minimum atomic E-state index is -0.579. The number of rotatable bonds is 4. The van der Waals surface area contributed by atoms with Gasteiger partial charge in [0.05, 0.1) is 15.1 Å². The number of halogens is 1. The van der Waals surface area contributed by atoms with Crippen LogP contribution in [0.2, 0.25) is 5.02 Å². The first-order valence-corrected chi connectivity index (χ1v) is 13.0. The number of nitro groups is 1. The third-order valence-corrected chi connectivity index (χ3v) is 8.74. The first kappa shape index (κ1) is 23.9. The molecule has 0 aliphatic carbocycles. The number of carbonyl (C=O) groups excluding carboxylic acids is 1. The smallest absolute Gasteiger partial charge is 0.282 e. The number of carbonyl (C=O) groups is 1. The molecule has 0 bridgehead atoms. The molecule has 0 radical (unpaired) electrons. The Hall–Kier alpha value is -2.85. The van der Waals surface area contributed by atoms with Crippen molar-refractivity contribution in [1.82, 2.24) is 10.3 Å². The highest BCUT2D eigenvalue weighted by Gasteiger charge is 2.41. The van der Waals surface area contributed by atoms with E-state index in [0.717, 1.165) is 37.6 Å². The lowest BCUT2D eigenvalue weighted by Crippen LogP contribution is -2.54. The summed E-state index contributed by atoms with van der Waals surface area (Å²) in [5.74, 6) is -0.579. The van der Waals surface area contributed by atoms with Gasteiger partial charge in [0.2, 0.25) is 0 Å². The van der Waals surface area contributed by atoms with Crippen LogP contribution in [0, 0.1) is 10.1 Å². The fourth-order valence-electron chi connectivity index (χ4n) is 4.84. The molecule has 0 spiro atoms. The van der Waals surface area contributed by atoms with Gasteiger partial charge >= 0.3 is 0 Å². The van der Waals surface area contributed by atoms with Crippen molar-refractivity contribution in [3.8, 4) is 10.6 Å². The first-order chi connectivity index (χ1) is 16.4. The fraction of sp³-hybridized carbons (Fsp3) is 0.280. The van der Waals surface area contributed by atoms with Gasteiger partial charge in [0, 0.05) is 32.6 Å². The highest BCUT2D eigenvalue weighted by molar-refractivity contribution is 7.23. The summed E-state index contributed by atoms with van der Waals surface area (Å²) in [7, 11) is 0. The normalized spacial score (nSPS) is 16.1. The molecule has 2 N–H and O–H groups in total. The minimum Gasteiger partial charge on any atom is -0.313 e. The molecule has 180 valence electrons. The molecule has 10 heteroatoms. The van der Waals surface area contributed by atoms with Gasteiger partial charge < -0.3 is 10.6 Å². The molecule has 7 nitrogen and oxygen atoms in total. The van der Waals surface area contributed by atoms with E-state index >= 15 is 0 Å². The molecule has 0 saturated heterocycles. The van der Waals surface area contributed by atoms with Crippen molar-refractivity contribution in [2.45, 2.75) is 45.2 Å². The third-order valence-electron chi connectivity index (χ3n) is 5.98. The van der Waals surface area contributed by atoms with E-state index < -0.39 is 10.8 Å². The SMILES string of the molecule is CC1(C)Cc2c(sc(NC(=O)c3cc(Cl)ccc3[N+](=O)[O-])c2-c2nc3ccccc3s2)C(C)(C)N1. The van der Waals surface area contributed by atoms with Crippen molar-refractivity contribution in [2.24, 2.45) is 0 Å². The summed E-state index contributed by atoms with van der Waals surface area (Å²) in [6, 6.07) is 11.9. The van der Waals surface area contributed by atoms with Crippen molar-refractivity contribution in [2.75, 3.05) is 5.32 Å². The molecule has 1 aliphatic heterocycles. The molecule has 5 rings (SSSR count). The standard InChI is InChI=1S/C25H23ClN4O3S2/c1-24(2)12-15-19(22-27-16-7-5-6-8-18(16)34-22)23(35-20(15)25(3,4)29-24)28-21(31)14-11-13(26)9-10-17(14)30(32)33/h5-11,29H,12H2,1-4H3,(H,28,31). The number of aromatic nitrogens is 1. The molecule has 0 saturated carbocycles. The second kappa shape index (κ2) is 8.37. The van der Waals surface area contributed by atoms with E-state index in [1.54, 1.807) is 11.3 Å². The maximum Gasteiger partial charge on any atom is 0.282 e. The van der Waals surface area contributed by atoms with Gasteiger partial charge in [-0.05, 0) is 63.9 Å². The van der Waals surface area contributed by atoms with E-state index in [4.69, 9.17) is 16.6 Å². The zero-order chi connectivity index (χ0) is 25.1. The average Bonchev–Trinajstić information content (AvgIpc) is 3.33. The van der Waals surface area contributed by atoms with E-state index in [0.29, 0.717) is 5.00 Å². The van der Waals surface area contributed by atoms with Gasteiger partial charge in [0.25, 0.3) is 11.6 Å². The molecule has 4 aromatic rings. The van der Waals surface area contributed by atoms with Gasteiger partial charge in [0.1, 0.15) is 15.6 Å². The number of nitrogens with zero attached hydrogens (tertiary/aromatic N) is 2. The van der Waals surface area contributed by atoms with E-state index in [1.165, 1.54) is 29.5 Å². The van der Waals surface area contributed by atoms with Gasteiger partial charge in [-0.25, -0.2) is 4.98 Å². The lowest BCUT2D eigenvalue weighted by atomic mass is 9.81. The molecule has 1 amide bonds. The number of para-hydroxylation sites is 1. The lowest BCUT2D eigenvalue weighted by Gasteiger charge is -2.42. The van der Waals surface area contributed by atoms with Crippen LogP contribution < -0.4 is 10.6 Å². The Morgan fingerprint density at radius 3 is 2.63 bits per heavy atom. The van der Waals surface area contributed by atoms with E-state index in [9.17, 15) is 14.9 Å². The summed E-state index contributed by atoms with van der Waals surface area (Å²) in [6.45, 7) is 8.56. The number of hydrogen-bond donors (Lipinski definition) is 2. The fourth-order valence-corrected chi connectivity index (χ4v) is 7.40. The summed E-state index contributed by atoms with van der Waals surface area (Å²) in [5, 5.41) is 19.9. The highest BCUT2D eigenvalue weighted by Crippen LogP contribution is 2.50. The second-order valence-corrected chi connectivity index (χ2v) is 12.3. The Morgan fingerprint density at radius 2 is 1.91 bits per heavy atom. The Kier molecular flexibility index (Phi) is 5.71. The zero-order valence-electron chi connectivity index (χ0n) is 19.6. The Bertz CT molecular complexity index is 1470. The predicted octanol–water partition coefficient (Wildman–Crippen LogP) is 7.00. The van der Waals surface area contributed by atoms with Crippen LogP contribution in [0.25, 0.3) is 20.8 Å². The maximum atomic E-state index is 13.3. The molecular weight excluding hydrogens is 504 g/mol. The van der Waals surface area contributed by atoms with Gasteiger partial charge in [-0.15, -0.1) is 22.7 Å². The quantitative estimate of drug-likeness (QED) is 0.220. The van der Waals surface area contributed by atoms with Gasteiger partial charge in [0.15, 0.2) is 0 Å².